The van der Waals surface area contributed by atoms with E-state index in [1.165, 1.54) is 19.3 Å². The monoisotopic (exact) mass is 421 g/mol. The number of hydrogen-bond acceptors (Lipinski definition) is 3. The number of nitrogens with one attached hydrogen (secondary N) is 1. The van der Waals surface area contributed by atoms with Gasteiger partial charge in [-0.25, -0.2) is 13.1 Å². The molecule has 2 fully saturated rings. The molecule has 29 heavy (non-hydrogen) atoms. The Hall–Kier alpha value is -1.66. The Bertz CT molecular complexity index is 803. The predicted octanol–water partition coefficient (Wildman–Crippen LogP) is 4.77. The molecule has 2 aliphatic carbocycles. The standard InChI is InChI=1S/C21H29NO4S.C2H6/c1-15-7-5-6-9-20(15)27(25,26)22-14-19-17-12-11-16(13-17)18(19)8-3-2-4-10-21(23)24;1-2/h3,5-9,16-19,22H,2,4,10-14H2,1H3,(H,23,24);1-2H3/b8-3-;/t16-,17+,18+,19+;/m1./s1. The van der Waals surface area contributed by atoms with Crippen LogP contribution in [0.2, 0.25) is 0 Å². The average molecular weight is 422 g/mol. The first-order chi connectivity index (χ1) is 13.9. The summed E-state index contributed by atoms with van der Waals surface area (Å²) in [6.07, 6.45) is 9.51. The van der Waals surface area contributed by atoms with Crippen LogP contribution in [0.4, 0.5) is 0 Å². The van der Waals surface area contributed by atoms with E-state index in [4.69, 9.17) is 5.11 Å². The van der Waals surface area contributed by atoms with E-state index < -0.39 is 16.0 Å². The molecule has 0 heterocycles. The summed E-state index contributed by atoms with van der Waals surface area (Å²) in [5.74, 6) is 1.19. The molecule has 6 heteroatoms. The van der Waals surface area contributed by atoms with Crippen LogP contribution in [-0.4, -0.2) is 26.0 Å². The quantitative estimate of drug-likeness (QED) is 0.444. The molecule has 3 rings (SSSR count). The predicted molar refractivity (Wildman–Crippen MR) is 116 cm³/mol. The fourth-order valence-corrected chi connectivity index (χ4v) is 6.14. The molecular weight excluding hydrogens is 386 g/mol. The lowest BCUT2D eigenvalue weighted by atomic mass is 9.79. The van der Waals surface area contributed by atoms with Crippen molar-refractivity contribution < 1.29 is 18.3 Å². The summed E-state index contributed by atoms with van der Waals surface area (Å²) in [4.78, 5) is 11.0. The van der Waals surface area contributed by atoms with Crippen LogP contribution in [0.5, 0.6) is 0 Å². The molecule has 4 atom stereocenters. The van der Waals surface area contributed by atoms with Crippen molar-refractivity contribution in [2.75, 3.05) is 6.54 Å². The zero-order chi connectivity index (χ0) is 21.4. The van der Waals surface area contributed by atoms with E-state index in [-0.39, 0.29) is 6.42 Å². The first-order valence-corrected chi connectivity index (χ1v) is 12.3. The van der Waals surface area contributed by atoms with Gasteiger partial charge < -0.3 is 5.11 Å². The molecule has 0 radical (unpaired) electrons. The fraction of sp³-hybridized carbons (Fsp3) is 0.609. The number of carboxylic acids is 1. The molecule has 2 saturated carbocycles. The van der Waals surface area contributed by atoms with Gasteiger partial charge in [-0.1, -0.05) is 44.2 Å². The van der Waals surface area contributed by atoms with Gasteiger partial charge in [0.05, 0.1) is 4.90 Å². The Morgan fingerprint density at radius 2 is 1.90 bits per heavy atom. The summed E-state index contributed by atoms with van der Waals surface area (Å²) < 4.78 is 28.3. The van der Waals surface area contributed by atoms with Crippen LogP contribution >= 0.6 is 0 Å². The molecule has 2 N–H and O–H groups in total. The topological polar surface area (TPSA) is 83.5 Å². The highest BCUT2D eigenvalue weighted by Gasteiger charge is 2.46. The molecule has 0 unspecified atom stereocenters. The Labute approximate surface area is 175 Å². The molecule has 1 aromatic rings. The number of fused-ring (bicyclic) bond motifs is 2. The lowest BCUT2D eigenvalue weighted by molar-refractivity contribution is -0.137. The van der Waals surface area contributed by atoms with Gasteiger partial charge in [-0.05, 0) is 74.3 Å². The first-order valence-electron chi connectivity index (χ1n) is 10.8. The van der Waals surface area contributed by atoms with Crippen molar-refractivity contribution in [3.63, 3.8) is 0 Å². The molecule has 2 aliphatic rings. The number of hydrogen-bond donors (Lipinski definition) is 2. The molecule has 162 valence electrons. The number of carbonyl (C=O) groups is 1. The van der Waals surface area contributed by atoms with Gasteiger partial charge in [-0.3, -0.25) is 4.79 Å². The summed E-state index contributed by atoms with van der Waals surface area (Å²) in [6.45, 7) is 6.29. The third kappa shape index (κ3) is 6.16. The zero-order valence-corrected chi connectivity index (χ0v) is 18.6. The van der Waals surface area contributed by atoms with E-state index in [2.05, 4.69) is 16.9 Å². The van der Waals surface area contributed by atoms with E-state index in [1.807, 2.05) is 32.9 Å². The number of unbranched alkanes of at least 4 members (excludes halogenated alkanes) is 1. The van der Waals surface area contributed by atoms with Gasteiger partial charge in [0.15, 0.2) is 0 Å². The maximum Gasteiger partial charge on any atom is 0.303 e. The second kappa shape index (κ2) is 10.9. The lowest BCUT2D eigenvalue weighted by Gasteiger charge is -2.29. The van der Waals surface area contributed by atoms with Crippen LogP contribution in [0.15, 0.2) is 41.3 Å². The smallest absolute Gasteiger partial charge is 0.303 e. The minimum atomic E-state index is -3.50. The van der Waals surface area contributed by atoms with Gasteiger partial charge in [-0.15, -0.1) is 0 Å². The van der Waals surface area contributed by atoms with Crippen molar-refractivity contribution in [1.82, 2.24) is 4.72 Å². The highest BCUT2D eigenvalue weighted by atomic mass is 32.2. The van der Waals surface area contributed by atoms with E-state index in [9.17, 15) is 13.2 Å². The van der Waals surface area contributed by atoms with Gasteiger partial charge in [-0.2, -0.15) is 0 Å². The molecule has 1 aromatic carbocycles. The molecule has 2 bridgehead atoms. The number of aliphatic carboxylic acids is 1. The Kier molecular flexibility index (Phi) is 8.90. The van der Waals surface area contributed by atoms with Gasteiger partial charge >= 0.3 is 5.97 Å². The normalized spacial score (nSPS) is 25.8. The van der Waals surface area contributed by atoms with Crippen LogP contribution in [0.25, 0.3) is 0 Å². The minimum Gasteiger partial charge on any atom is -0.481 e. The minimum absolute atomic E-state index is 0.195. The zero-order valence-electron chi connectivity index (χ0n) is 17.8. The molecule has 0 saturated heterocycles. The SMILES string of the molecule is CC.Cc1ccccc1S(=O)(=O)NC[C@H]1[C@H]2CC[C@H](C2)[C@@H]1/C=C\CCCC(=O)O. The van der Waals surface area contributed by atoms with Crippen LogP contribution in [0, 0.1) is 30.6 Å². The number of sulfonamides is 1. The second-order valence-corrected chi connectivity index (χ2v) is 9.64. The van der Waals surface area contributed by atoms with Gasteiger partial charge in [0.25, 0.3) is 0 Å². The summed E-state index contributed by atoms with van der Waals surface area (Å²) >= 11 is 0. The summed E-state index contributed by atoms with van der Waals surface area (Å²) in [7, 11) is -3.50. The van der Waals surface area contributed by atoms with Crippen LogP contribution in [0.3, 0.4) is 0 Å². The number of aryl methyl sites for hydroxylation is 1. The summed E-state index contributed by atoms with van der Waals surface area (Å²) in [5, 5.41) is 8.72. The summed E-state index contributed by atoms with van der Waals surface area (Å²) in [5.41, 5.74) is 0.757. The van der Waals surface area contributed by atoms with Crippen molar-refractivity contribution in [1.29, 1.82) is 0 Å². The van der Waals surface area contributed by atoms with Gasteiger partial charge in [0, 0.05) is 13.0 Å². The van der Waals surface area contributed by atoms with E-state index in [1.54, 1.807) is 12.1 Å². The van der Waals surface area contributed by atoms with Crippen LogP contribution in [0.1, 0.15) is 57.9 Å². The van der Waals surface area contributed by atoms with Gasteiger partial charge in [0.2, 0.25) is 10.0 Å². The Morgan fingerprint density at radius 3 is 2.59 bits per heavy atom. The van der Waals surface area contributed by atoms with Crippen molar-refractivity contribution in [2.45, 2.75) is 64.2 Å². The second-order valence-electron chi connectivity index (χ2n) is 7.91. The molecular formula is C23H35NO4S. The third-order valence-corrected chi connectivity index (χ3v) is 7.75. The van der Waals surface area contributed by atoms with E-state index >= 15 is 0 Å². The van der Waals surface area contributed by atoms with Crippen LogP contribution < -0.4 is 4.72 Å². The maximum atomic E-state index is 12.7. The first kappa shape index (κ1) is 23.6. The molecule has 0 aromatic heterocycles. The number of allylic oxidation sites excluding steroid dienone is 2. The Morgan fingerprint density at radius 1 is 1.21 bits per heavy atom. The lowest BCUT2D eigenvalue weighted by Crippen LogP contribution is -2.35. The van der Waals surface area contributed by atoms with Crippen molar-refractivity contribution in [3.05, 3.63) is 42.0 Å². The molecule has 0 spiro atoms. The highest BCUT2D eigenvalue weighted by molar-refractivity contribution is 7.89. The maximum absolute atomic E-state index is 12.7. The van der Waals surface area contributed by atoms with E-state index in [0.29, 0.717) is 41.5 Å². The number of carboxylic acid groups (broad SMARTS) is 1. The van der Waals surface area contributed by atoms with E-state index in [0.717, 1.165) is 12.0 Å². The largest absolute Gasteiger partial charge is 0.481 e. The highest BCUT2D eigenvalue weighted by Crippen LogP contribution is 2.52. The molecule has 0 amide bonds. The molecule has 0 aliphatic heterocycles. The third-order valence-electron chi connectivity index (χ3n) is 6.17. The van der Waals surface area contributed by atoms with Gasteiger partial charge in [0.1, 0.15) is 0 Å². The fourth-order valence-electron chi connectivity index (χ4n) is 4.82. The molecule has 5 nitrogen and oxygen atoms in total. The number of rotatable bonds is 9. The van der Waals surface area contributed by atoms with Crippen molar-refractivity contribution >= 4 is 16.0 Å². The Balaban J connectivity index is 0.00000145. The number of benzene rings is 1. The van der Waals surface area contributed by atoms with Crippen LogP contribution in [-0.2, 0) is 14.8 Å². The van der Waals surface area contributed by atoms with Crippen molar-refractivity contribution in [3.8, 4) is 0 Å². The van der Waals surface area contributed by atoms with Crippen molar-refractivity contribution in [2.24, 2.45) is 23.7 Å². The summed E-state index contributed by atoms with van der Waals surface area (Å²) in [6, 6.07) is 7.06. The average Bonchev–Trinajstić information content (AvgIpc) is 3.29.